The first kappa shape index (κ1) is 14.9. The number of ether oxygens (including phenoxy) is 1. The molecule has 2 aromatic rings. The molecule has 0 spiro atoms. The fourth-order valence-electron chi connectivity index (χ4n) is 2.68. The van der Waals surface area contributed by atoms with Crippen molar-refractivity contribution in [3.8, 4) is 16.9 Å². The molecule has 2 aliphatic heterocycles. The Labute approximate surface area is 139 Å². The minimum atomic E-state index is -0.619. The van der Waals surface area contributed by atoms with Gasteiger partial charge in [-0.2, -0.15) is 5.10 Å². The second-order valence-electron chi connectivity index (χ2n) is 5.35. The maximum absolute atomic E-state index is 12.0. The van der Waals surface area contributed by atoms with Gasteiger partial charge in [-0.3, -0.25) is 9.59 Å². The lowest BCUT2D eigenvalue weighted by atomic mass is 10.1. The van der Waals surface area contributed by atoms with Crippen molar-refractivity contribution in [3.05, 3.63) is 69.1 Å². The number of pyridine rings is 1. The van der Waals surface area contributed by atoms with E-state index in [2.05, 4.69) is 10.2 Å². The quantitative estimate of drug-likeness (QED) is 0.556. The van der Waals surface area contributed by atoms with E-state index in [1.54, 1.807) is 29.0 Å². The lowest BCUT2D eigenvalue weighted by Gasteiger charge is -2.12. The highest BCUT2D eigenvalue weighted by Crippen LogP contribution is 2.24. The lowest BCUT2D eigenvalue weighted by molar-refractivity contribution is 0.0600. The summed E-state index contributed by atoms with van der Waals surface area (Å²) in [5, 5.41) is 6.58. The number of benzene rings is 1. The average Bonchev–Trinajstić information content (AvgIpc) is 3.01. The van der Waals surface area contributed by atoms with Crippen molar-refractivity contribution >= 4 is 16.9 Å². The Balaban J connectivity index is 2.01. The molecule has 0 amide bonds. The van der Waals surface area contributed by atoms with Crippen LogP contribution in [0.4, 0.5) is 0 Å². The van der Waals surface area contributed by atoms with Gasteiger partial charge in [-0.05, 0) is 18.2 Å². The predicted octanol–water partition coefficient (Wildman–Crippen LogP) is 1.56. The van der Waals surface area contributed by atoms with Crippen molar-refractivity contribution < 1.29 is 13.9 Å². The van der Waals surface area contributed by atoms with E-state index in [4.69, 9.17) is 9.15 Å². The van der Waals surface area contributed by atoms with E-state index in [-0.39, 0.29) is 22.2 Å². The van der Waals surface area contributed by atoms with Crippen LogP contribution in [0.2, 0.25) is 0 Å². The summed E-state index contributed by atoms with van der Waals surface area (Å²) in [6.45, 7) is 0. The van der Waals surface area contributed by atoms with Gasteiger partial charge in [-0.25, -0.2) is 9.89 Å². The number of methoxy groups -OCH3 is 1. The maximum Gasteiger partial charge on any atom is 0.341 e. The largest absolute Gasteiger partial charge is 0.465 e. The van der Waals surface area contributed by atoms with E-state index in [9.17, 15) is 14.4 Å². The zero-order valence-electron chi connectivity index (χ0n) is 13.0. The number of H-pyrrole nitrogens is 1. The van der Waals surface area contributed by atoms with Crippen LogP contribution in [0.3, 0.4) is 0 Å². The third-order valence-corrected chi connectivity index (χ3v) is 3.91. The molecule has 25 heavy (non-hydrogen) atoms. The summed E-state index contributed by atoms with van der Waals surface area (Å²) in [6.07, 6.45) is 4.37. The molecule has 4 rings (SSSR count). The number of hydrogen-bond donors (Lipinski definition) is 1. The normalized spacial score (nSPS) is 11.1. The van der Waals surface area contributed by atoms with Crippen LogP contribution in [0, 0.1) is 0 Å². The molecule has 0 bridgehead atoms. The summed E-state index contributed by atoms with van der Waals surface area (Å²) >= 11 is 0. The molecular weight excluding hydrogens is 326 g/mol. The standard InChI is InChI=1S/C17H11N3O5/c1-24-17(23)12-8-20(7-11-15(12)18-19-16(11)22)9-2-3-14-10(6-9)13(21)4-5-25-14/h2-8H,1H3,(H,19,22). The van der Waals surface area contributed by atoms with E-state index >= 15 is 0 Å². The number of carbonyl (C=O) groups excluding carboxylic acids is 1. The highest BCUT2D eigenvalue weighted by molar-refractivity contribution is 5.96. The fourth-order valence-corrected chi connectivity index (χ4v) is 2.68. The minimum Gasteiger partial charge on any atom is -0.465 e. The monoisotopic (exact) mass is 337 g/mol. The summed E-state index contributed by atoms with van der Waals surface area (Å²) < 4.78 is 11.6. The number of rotatable bonds is 2. The van der Waals surface area contributed by atoms with Crippen molar-refractivity contribution in [1.29, 1.82) is 0 Å². The number of carbonyl (C=O) groups is 1. The van der Waals surface area contributed by atoms with Gasteiger partial charge in [-0.1, -0.05) is 0 Å². The number of esters is 1. The van der Waals surface area contributed by atoms with Crippen molar-refractivity contribution in [2.45, 2.75) is 0 Å². The van der Waals surface area contributed by atoms with Gasteiger partial charge in [0, 0.05) is 24.1 Å². The van der Waals surface area contributed by atoms with Crippen LogP contribution < -0.4 is 11.0 Å². The Morgan fingerprint density at radius 2 is 2.08 bits per heavy atom. The molecule has 8 nitrogen and oxygen atoms in total. The first-order valence-corrected chi connectivity index (χ1v) is 7.29. The van der Waals surface area contributed by atoms with Gasteiger partial charge in [0.15, 0.2) is 5.43 Å². The van der Waals surface area contributed by atoms with Crippen LogP contribution in [0.5, 0.6) is 0 Å². The van der Waals surface area contributed by atoms with Gasteiger partial charge in [0.2, 0.25) is 0 Å². The smallest absolute Gasteiger partial charge is 0.341 e. The Morgan fingerprint density at radius 1 is 1.24 bits per heavy atom. The number of aromatic nitrogens is 3. The zero-order chi connectivity index (χ0) is 17.6. The van der Waals surface area contributed by atoms with E-state index in [0.29, 0.717) is 16.7 Å². The summed E-state index contributed by atoms with van der Waals surface area (Å²) in [5.74, 6) is -0.619. The van der Waals surface area contributed by atoms with Crippen molar-refractivity contribution in [3.63, 3.8) is 0 Å². The third-order valence-electron chi connectivity index (χ3n) is 3.91. The number of aromatic amines is 1. The Hall–Kier alpha value is -3.68. The van der Waals surface area contributed by atoms with Gasteiger partial charge in [0.05, 0.1) is 24.3 Å². The molecule has 0 radical (unpaired) electrons. The van der Waals surface area contributed by atoms with Gasteiger partial charge in [0.25, 0.3) is 5.56 Å². The number of hydrogen-bond acceptors (Lipinski definition) is 6. The van der Waals surface area contributed by atoms with Gasteiger partial charge in [0.1, 0.15) is 16.8 Å². The summed E-state index contributed by atoms with van der Waals surface area (Å²) in [7, 11) is 1.25. The molecule has 0 unspecified atom stereocenters. The van der Waals surface area contributed by atoms with Crippen LogP contribution in [0.15, 0.2) is 56.9 Å². The topological polar surface area (TPSA) is 107 Å². The molecule has 1 aromatic heterocycles. The molecule has 0 atom stereocenters. The van der Waals surface area contributed by atoms with E-state index < -0.39 is 11.5 Å². The SMILES string of the molecule is COC(=O)c1cn(-c2ccc3occc(=O)c3c2)cc2c(=O)[nH]nc1-2. The molecule has 124 valence electrons. The number of nitrogens with zero attached hydrogens (tertiary/aromatic N) is 2. The highest BCUT2D eigenvalue weighted by atomic mass is 16.5. The molecule has 2 aliphatic rings. The molecule has 8 heteroatoms. The molecule has 1 N–H and O–H groups in total. The zero-order valence-corrected chi connectivity index (χ0v) is 13.0. The Kier molecular flexibility index (Phi) is 3.24. The van der Waals surface area contributed by atoms with E-state index in [1.807, 2.05) is 0 Å². The molecule has 1 aromatic carbocycles. The van der Waals surface area contributed by atoms with Crippen molar-refractivity contribution in [2.75, 3.05) is 7.11 Å². The summed E-state index contributed by atoms with van der Waals surface area (Å²) in [5.41, 5.74) is 1.02. The molecule has 0 saturated heterocycles. The minimum absolute atomic E-state index is 0.138. The molecular formula is C17H11N3O5. The van der Waals surface area contributed by atoms with Crippen LogP contribution >= 0.6 is 0 Å². The molecule has 3 heterocycles. The van der Waals surface area contributed by atoms with Gasteiger partial charge in [-0.15, -0.1) is 0 Å². The van der Waals surface area contributed by atoms with Crippen LogP contribution in [0.1, 0.15) is 10.4 Å². The summed E-state index contributed by atoms with van der Waals surface area (Å²) in [6, 6.07) is 6.31. The Morgan fingerprint density at radius 3 is 2.88 bits per heavy atom. The van der Waals surface area contributed by atoms with Gasteiger partial charge < -0.3 is 13.7 Å². The third kappa shape index (κ3) is 2.31. The van der Waals surface area contributed by atoms with Crippen molar-refractivity contribution in [1.82, 2.24) is 14.8 Å². The highest BCUT2D eigenvalue weighted by Gasteiger charge is 2.22. The van der Waals surface area contributed by atoms with E-state index in [1.165, 1.54) is 25.6 Å². The van der Waals surface area contributed by atoms with Crippen LogP contribution in [0.25, 0.3) is 27.9 Å². The number of fused-ring (bicyclic) bond motifs is 2. The van der Waals surface area contributed by atoms with E-state index in [0.717, 1.165) is 0 Å². The fraction of sp³-hybridized carbons (Fsp3) is 0.0588. The second-order valence-corrected chi connectivity index (χ2v) is 5.35. The first-order chi connectivity index (χ1) is 12.1. The summed E-state index contributed by atoms with van der Waals surface area (Å²) in [4.78, 5) is 36.0. The van der Waals surface area contributed by atoms with Gasteiger partial charge >= 0.3 is 5.97 Å². The van der Waals surface area contributed by atoms with Crippen LogP contribution in [-0.2, 0) is 4.74 Å². The van der Waals surface area contributed by atoms with Crippen molar-refractivity contribution in [2.24, 2.45) is 0 Å². The predicted molar refractivity (Wildman–Crippen MR) is 88.2 cm³/mol. The lowest BCUT2D eigenvalue weighted by Crippen LogP contribution is -2.11. The molecule has 0 saturated carbocycles. The molecule has 0 aliphatic carbocycles. The Bertz CT molecular complexity index is 1200. The first-order valence-electron chi connectivity index (χ1n) is 7.29. The second kappa shape index (κ2) is 5.45. The maximum atomic E-state index is 12.0. The van der Waals surface area contributed by atoms with Crippen LogP contribution in [-0.4, -0.2) is 27.8 Å². The number of nitrogens with one attached hydrogen (secondary N) is 1. The molecule has 0 fully saturated rings. The average molecular weight is 337 g/mol.